The molecule has 4 heteroatoms. The first-order chi connectivity index (χ1) is 10.2. The Morgan fingerprint density at radius 3 is 2.86 bits per heavy atom. The maximum atomic E-state index is 6.50. The average Bonchev–Trinajstić information content (AvgIpc) is 3.08. The Balaban J connectivity index is 1.97. The Morgan fingerprint density at radius 1 is 1.33 bits per heavy atom. The Bertz CT molecular complexity index is 638. The first-order valence-electron chi connectivity index (χ1n) is 7.37. The van der Waals surface area contributed by atoms with Gasteiger partial charge < -0.3 is 10.1 Å². The first kappa shape index (κ1) is 15.0. The largest absolute Gasteiger partial charge is 0.372 e. The highest BCUT2D eigenvalue weighted by atomic mass is 35.5. The summed E-state index contributed by atoms with van der Waals surface area (Å²) in [5.41, 5.74) is 5.04. The van der Waals surface area contributed by atoms with Crippen LogP contribution in [0.1, 0.15) is 46.5 Å². The van der Waals surface area contributed by atoms with Crippen LogP contribution < -0.4 is 5.32 Å². The van der Waals surface area contributed by atoms with Gasteiger partial charge in [0.1, 0.15) is 0 Å². The van der Waals surface area contributed by atoms with Crippen molar-refractivity contribution in [2.75, 3.05) is 6.54 Å². The van der Waals surface area contributed by atoms with Crippen molar-refractivity contribution in [3.05, 3.63) is 55.7 Å². The summed E-state index contributed by atoms with van der Waals surface area (Å²) in [7, 11) is 0. The number of nitrogens with one attached hydrogen (secondary N) is 1. The van der Waals surface area contributed by atoms with Crippen LogP contribution in [-0.2, 0) is 18.0 Å². The number of hydrogen-bond acceptors (Lipinski definition) is 3. The minimum atomic E-state index is 0.169. The maximum Gasteiger partial charge on any atom is 0.0725 e. The molecule has 1 unspecified atom stereocenters. The number of aryl methyl sites for hydroxylation is 1. The van der Waals surface area contributed by atoms with Crippen molar-refractivity contribution < 1.29 is 4.74 Å². The van der Waals surface area contributed by atoms with Crippen molar-refractivity contribution in [3.8, 4) is 0 Å². The second kappa shape index (κ2) is 6.49. The molecule has 2 aromatic rings. The molecular weight excluding hydrogens is 302 g/mol. The maximum absolute atomic E-state index is 6.50. The zero-order valence-electron chi connectivity index (χ0n) is 12.4. The van der Waals surface area contributed by atoms with Crippen molar-refractivity contribution in [3.63, 3.8) is 0 Å². The molecule has 1 aliphatic rings. The highest BCUT2D eigenvalue weighted by Gasteiger charge is 2.21. The van der Waals surface area contributed by atoms with Gasteiger partial charge in [-0.1, -0.05) is 36.7 Å². The van der Waals surface area contributed by atoms with Crippen molar-refractivity contribution in [1.82, 2.24) is 5.32 Å². The molecule has 0 aliphatic carbocycles. The molecule has 2 heterocycles. The third-order valence-corrected chi connectivity index (χ3v) is 5.64. The second-order valence-electron chi connectivity index (χ2n) is 5.51. The van der Waals surface area contributed by atoms with E-state index in [0.29, 0.717) is 0 Å². The zero-order chi connectivity index (χ0) is 14.8. The van der Waals surface area contributed by atoms with E-state index in [1.54, 1.807) is 11.3 Å². The van der Waals surface area contributed by atoms with E-state index in [4.69, 9.17) is 16.3 Å². The average molecular weight is 322 g/mol. The molecule has 0 spiro atoms. The Kier molecular flexibility index (Phi) is 4.65. The van der Waals surface area contributed by atoms with Gasteiger partial charge in [-0.05, 0) is 47.5 Å². The molecule has 3 rings (SSSR count). The highest BCUT2D eigenvalue weighted by molar-refractivity contribution is 7.10. The van der Waals surface area contributed by atoms with Crippen LogP contribution in [0.15, 0.2) is 23.6 Å². The van der Waals surface area contributed by atoms with Gasteiger partial charge in [-0.15, -0.1) is 11.3 Å². The van der Waals surface area contributed by atoms with E-state index >= 15 is 0 Å². The van der Waals surface area contributed by atoms with Gasteiger partial charge >= 0.3 is 0 Å². The molecule has 0 bridgehead atoms. The van der Waals surface area contributed by atoms with Crippen molar-refractivity contribution in [2.45, 2.75) is 39.5 Å². The lowest BCUT2D eigenvalue weighted by Crippen LogP contribution is -2.22. The lowest BCUT2D eigenvalue weighted by molar-refractivity contribution is 0.134. The number of halogens is 1. The summed E-state index contributed by atoms with van der Waals surface area (Å²) in [4.78, 5) is 1.21. The molecule has 0 fully saturated rings. The number of benzene rings is 1. The van der Waals surface area contributed by atoms with Crippen LogP contribution in [0.5, 0.6) is 0 Å². The lowest BCUT2D eigenvalue weighted by Gasteiger charge is -2.19. The molecule has 1 aromatic heterocycles. The molecule has 0 saturated carbocycles. The van der Waals surface area contributed by atoms with E-state index in [9.17, 15) is 0 Å². The first-order valence-corrected chi connectivity index (χ1v) is 8.62. The Morgan fingerprint density at radius 2 is 2.14 bits per heavy atom. The van der Waals surface area contributed by atoms with Crippen LogP contribution in [0.2, 0.25) is 5.02 Å². The summed E-state index contributed by atoms with van der Waals surface area (Å²) in [6.45, 7) is 6.69. The molecule has 2 nitrogen and oxygen atoms in total. The van der Waals surface area contributed by atoms with Gasteiger partial charge in [-0.25, -0.2) is 0 Å². The number of rotatable bonds is 5. The topological polar surface area (TPSA) is 21.3 Å². The predicted molar refractivity (Wildman–Crippen MR) is 89.1 cm³/mol. The van der Waals surface area contributed by atoms with E-state index in [2.05, 4.69) is 42.7 Å². The Hall–Kier alpha value is -0.870. The molecule has 0 saturated heterocycles. The van der Waals surface area contributed by atoms with E-state index < -0.39 is 0 Å². The van der Waals surface area contributed by atoms with Gasteiger partial charge in [0.2, 0.25) is 0 Å². The minimum Gasteiger partial charge on any atom is -0.372 e. The summed E-state index contributed by atoms with van der Waals surface area (Å²) in [6.07, 6.45) is 1.10. The SMILES string of the molecule is CCCNC(c1ccc2c(c1)COC2)c1scc(C)c1Cl. The second-order valence-corrected chi connectivity index (χ2v) is 6.79. The van der Waals surface area contributed by atoms with Crippen LogP contribution in [0.25, 0.3) is 0 Å². The third-order valence-electron chi connectivity index (χ3n) is 3.86. The normalized spacial score (nSPS) is 15.2. The fourth-order valence-corrected chi connectivity index (χ4v) is 4.07. The smallest absolute Gasteiger partial charge is 0.0725 e. The summed E-state index contributed by atoms with van der Waals surface area (Å²) in [5, 5.41) is 6.66. The molecule has 112 valence electrons. The van der Waals surface area contributed by atoms with Gasteiger partial charge in [-0.2, -0.15) is 0 Å². The van der Waals surface area contributed by atoms with Gasteiger partial charge in [0, 0.05) is 4.88 Å². The molecule has 0 radical (unpaired) electrons. The van der Waals surface area contributed by atoms with Crippen LogP contribution in [0.3, 0.4) is 0 Å². The molecule has 1 aromatic carbocycles. The number of ether oxygens (including phenoxy) is 1. The molecule has 1 atom stereocenters. The number of thiophene rings is 1. The minimum absolute atomic E-state index is 0.169. The quantitative estimate of drug-likeness (QED) is 0.851. The summed E-state index contributed by atoms with van der Waals surface area (Å²) < 4.78 is 5.52. The van der Waals surface area contributed by atoms with E-state index in [1.165, 1.54) is 21.6 Å². The predicted octanol–water partition coefficient (Wildman–Crippen LogP) is 4.83. The van der Waals surface area contributed by atoms with Gasteiger partial charge in [0.05, 0.1) is 24.3 Å². The molecule has 1 aliphatic heterocycles. The fourth-order valence-electron chi connectivity index (χ4n) is 2.67. The number of hydrogen-bond donors (Lipinski definition) is 1. The molecular formula is C17H20ClNOS. The van der Waals surface area contributed by atoms with Crippen LogP contribution in [-0.4, -0.2) is 6.54 Å². The van der Waals surface area contributed by atoms with E-state index in [1.807, 2.05) is 0 Å². The van der Waals surface area contributed by atoms with Crippen LogP contribution >= 0.6 is 22.9 Å². The lowest BCUT2D eigenvalue weighted by atomic mass is 9.99. The summed E-state index contributed by atoms with van der Waals surface area (Å²) >= 11 is 8.23. The van der Waals surface area contributed by atoms with Crippen LogP contribution in [0.4, 0.5) is 0 Å². The van der Waals surface area contributed by atoms with E-state index in [-0.39, 0.29) is 6.04 Å². The summed E-state index contributed by atoms with van der Waals surface area (Å²) in [5.74, 6) is 0. The van der Waals surface area contributed by atoms with Crippen molar-refractivity contribution >= 4 is 22.9 Å². The van der Waals surface area contributed by atoms with Gasteiger partial charge in [0.25, 0.3) is 0 Å². The monoisotopic (exact) mass is 321 g/mol. The number of fused-ring (bicyclic) bond motifs is 1. The highest BCUT2D eigenvalue weighted by Crippen LogP contribution is 2.36. The van der Waals surface area contributed by atoms with Crippen molar-refractivity contribution in [1.29, 1.82) is 0 Å². The van der Waals surface area contributed by atoms with Crippen LogP contribution in [0, 0.1) is 6.92 Å². The Labute approximate surface area is 135 Å². The van der Waals surface area contributed by atoms with E-state index in [0.717, 1.165) is 36.8 Å². The van der Waals surface area contributed by atoms with Gasteiger partial charge in [-0.3, -0.25) is 0 Å². The molecule has 0 amide bonds. The molecule has 21 heavy (non-hydrogen) atoms. The molecule has 1 N–H and O–H groups in total. The standard InChI is InChI=1S/C17H20ClNOS/c1-3-6-19-16(17-15(18)11(2)10-21-17)12-4-5-13-8-20-9-14(13)7-12/h4-5,7,10,16,19H,3,6,8-9H2,1-2H3. The van der Waals surface area contributed by atoms with Crippen molar-refractivity contribution in [2.24, 2.45) is 0 Å². The third kappa shape index (κ3) is 3.02. The summed E-state index contributed by atoms with van der Waals surface area (Å²) in [6, 6.07) is 6.82. The zero-order valence-corrected chi connectivity index (χ0v) is 14.0. The van der Waals surface area contributed by atoms with Gasteiger partial charge in [0.15, 0.2) is 0 Å². The fraction of sp³-hybridized carbons (Fsp3) is 0.412.